The summed E-state index contributed by atoms with van der Waals surface area (Å²) in [6.07, 6.45) is 3.33. The molecule has 0 radical (unpaired) electrons. The van der Waals surface area contributed by atoms with E-state index in [9.17, 15) is 5.11 Å². The van der Waals surface area contributed by atoms with E-state index in [1.54, 1.807) is 30.4 Å². The number of rotatable bonds is 4. The molecule has 15 heavy (non-hydrogen) atoms. The van der Waals surface area contributed by atoms with E-state index in [-0.39, 0.29) is 12.3 Å². The van der Waals surface area contributed by atoms with Gasteiger partial charge in [-0.2, -0.15) is 0 Å². The van der Waals surface area contributed by atoms with Crippen LogP contribution in [0.2, 0.25) is 0 Å². The number of methoxy groups -OCH3 is 1. The van der Waals surface area contributed by atoms with Gasteiger partial charge in [-0.1, -0.05) is 29.4 Å². The smallest absolute Gasteiger partial charge is 0.165 e. The Kier molecular flexibility index (Phi) is 4.06. The Bertz CT molecular complexity index is 409. The molecule has 0 saturated carbocycles. The molecule has 0 atom stereocenters. The first-order valence-corrected chi connectivity index (χ1v) is 4.33. The molecule has 1 rings (SSSR count). The van der Waals surface area contributed by atoms with Gasteiger partial charge in [-0.15, -0.1) is 0 Å². The SMILES string of the molecule is COc1cccc(/C=C/CN=[N+]=[N-])c1O. The molecule has 0 amide bonds. The van der Waals surface area contributed by atoms with E-state index >= 15 is 0 Å². The van der Waals surface area contributed by atoms with Gasteiger partial charge >= 0.3 is 0 Å². The first-order chi connectivity index (χ1) is 7.29. The predicted molar refractivity (Wildman–Crippen MR) is 57.7 cm³/mol. The number of phenolic OH excluding ortho intramolecular Hbond substituents is 1. The predicted octanol–water partition coefficient (Wildman–Crippen LogP) is 2.72. The van der Waals surface area contributed by atoms with E-state index in [2.05, 4.69) is 10.0 Å². The van der Waals surface area contributed by atoms with Gasteiger partial charge < -0.3 is 9.84 Å². The van der Waals surface area contributed by atoms with Gasteiger partial charge in [0, 0.05) is 17.0 Å². The van der Waals surface area contributed by atoms with Crippen molar-refractivity contribution >= 4 is 6.08 Å². The van der Waals surface area contributed by atoms with Crippen molar-refractivity contribution in [3.8, 4) is 11.5 Å². The zero-order chi connectivity index (χ0) is 11.1. The molecule has 0 aromatic heterocycles. The van der Waals surface area contributed by atoms with Crippen molar-refractivity contribution in [2.75, 3.05) is 13.7 Å². The van der Waals surface area contributed by atoms with Gasteiger partial charge in [0.05, 0.1) is 7.11 Å². The second-order valence-corrected chi connectivity index (χ2v) is 2.71. The summed E-state index contributed by atoms with van der Waals surface area (Å²) in [6, 6.07) is 5.18. The van der Waals surface area contributed by atoms with E-state index in [0.717, 1.165) is 0 Å². The summed E-state index contributed by atoms with van der Waals surface area (Å²) in [5.41, 5.74) is 8.68. The minimum Gasteiger partial charge on any atom is -0.504 e. The van der Waals surface area contributed by atoms with Crippen LogP contribution in [-0.2, 0) is 0 Å². The highest BCUT2D eigenvalue weighted by atomic mass is 16.5. The van der Waals surface area contributed by atoms with Crippen molar-refractivity contribution in [3.63, 3.8) is 0 Å². The molecule has 0 aliphatic heterocycles. The molecular formula is C10H11N3O2. The van der Waals surface area contributed by atoms with Gasteiger partial charge in [0.15, 0.2) is 11.5 Å². The van der Waals surface area contributed by atoms with Crippen LogP contribution in [0.1, 0.15) is 5.56 Å². The topological polar surface area (TPSA) is 78.2 Å². The summed E-state index contributed by atoms with van der Waals surface area (Å²) in [5.74, 6) is 0.498. The lowest BCUT2D eigenvalue weighted by molar-refractivity contribution is 0.373. The zero-order valence-electron chi connectivity index (χ0n) is 8.29. The fraction of sp³-hybridized carbons (Fsp3) is 0.200. The summed E-state index contributed by atoms with van der Waals surface area (Å²) < 4.78 is 4.95. The Hall–Kier alpha value is -2.13. The molecule has 0 spiro atoms. The van der Waals surface area contributed by atoms with Crippen molar-refractivity contribution in [3.05, 3.63) is 40.3 Å². The van der Waals surface area contributed by atoms with Crippen LogP contribution in [0.3, 0.4) is 0 Å². The van der Waals surface area contributed by atoms with Gasteiger partial charge in [0.1, 0.15) is 0 Å². The number of benzene rings is 1. The highest BCUT2D eigenvalue weighted by Crippen LogP contribution is 2.29. The summed E-state index contributed by atoms with van der Waals surface area (Å²) in [7, 11) is 1.49. The number of nitrogens with zero attached hydrogens (tertiary/aromatic N) is 3. The number of ether oxygens (including phenoxy) is 1. The standard InChI is InChI=1S/C10H11N3O2/c1-15-9-6-2-4-8(10(9)14)5-3-7-12-13-11/h2-6,14H,7H2,1H3/b5-3+. The van der Waals surface area contributed by atoms with Crippen LogP contribution < -0.4 is 4.74 Å². The molecule has 1 aromatic carbocycles. The highest BCUT2D eigenvalue weighted by molar-refractivity contribution is 5.61. The van der Waals surface area contributed by atoms with Crippen molar-refractivity contribution in [2.24, 2.45) is 5.11 Å². The van der Waals surface area contributed by atoms with Crippen LogP contribution in [0.25, 0.3) is 16.5 Å². The average molecular weight is 205 g/mol. The van der Waals surface area contributed by atoms with Gasteiger partial charge in [-0.25, -0.2) is 0 Å². The molecule has 5 heteroatoms. The fourth-order valence-electron chi connectivity index (χ4n) is 1.10. The first-order valence-electron chi connectivity index (χ1n) is 4.33. The minimum atomic E-state index is 0.0807. The normalized spacial score (nSPS) is 9.93. The van der Waals surface area contributed by atoms with E-state index in [1.807, 2.05) is 0 Å². The van der Waals surface area contributed by atoms with Crippen LogP contribution in [0.4, 0.5) is 0 Å². The van der Waals surface area contributed by atoms with Gasteiger partial charge in [0.25, 0.3) is 0 Å². The Morgan fingerprint density at radius 3 is 3.07 bits per heavy atom. The van der Waals surface area contributed by atoms with Crippen LogP contribution in [0, 0.1) is 0 Å². The summed E-state index contributed by atoms with van der Waals surface area (Å²) >= 11 is 0. The maximum atomic E-state index is 9.67. The number of phenols is 1. The monoisotopic (exact) mass is 205 g/mol. The minimum absolute atomic E-state index is 0.0807. The van der Waals surface area contributed by atoms with Crippen molar-refractivity contribution in [2.45, 2.75) is 0 Å². The van der Waals surface area contributed by atoms with E-state index in [0.29, 0.717) is 11.3 Å². The third kappa shape index (κ3) is 2.93. The van der Waals surface area contributed by atoms with E-state index in [1.165, 1.54) is 7.11 Å². The van der Waals surface area contributed by atoms with Gasteiger partial charge in [-0.05, 0) is 11.6 Å². The Morgan fingerprint density at radius 2 is 2.40 bits per heavy atom. The first kappa shape index (κ1) is 10.9. The second-order valence-electron chi connectivity index (χ2n) is 2.71. The molecule has 0 bridgehead atoms. The van der Waals surface area contributed by atoms with Crippen LogP contribution in [0.5, 0.6) is 11.5 Å². The van der Waals surface area contributed by atoms with E-state index in [4.69, 9.17) is 10.3 Å². The van der Waals surface area contributed by atoms with Gasteiger partial charge in [-0.3, -0.25) is 0 Å². The highest BCUT2D eigenvalue weighted by Gasteiger charge is 2.03. The van der Waals surface area contributed by atoms with Crippen molar-refractivity contribution in [1.29, 1.82) is 0 Å². The Morgan fingerprint density at radius 1 is 1.60 bits per heavy atom. The number of aromatic hydroxyl groups is 1. The van der Waals surface area contributed by atoms with Crippen molar-refractivity contribution < 1.29 is 9.84 Å². The summed E-state index contributed by atoms with van der Waals surface area (Å²) in [5, 5.41) is 13.0. The molecule has 1 N–H and O–H groups in total. The Balaban J connectivity index is 2.85. The number of azide groups is 1. The quantitative estimate of drug-likeness (QED) is 0.466. The molecule has 0 heterocycles. The molecule has 5 nitrogen and oxygen atoms in total. The molecule has 0 saturated heterocycles. The lowest BCUT2D eigenvalue weighted by Gasteiger charge is -2.04. The largest absolute Gasteiger partial charge is 0.504 e. The zero-order valence-corrected chi connectivity index (χ0v) is 8.29. The average Bonchev–Trinajstić information content (AvgIpc) is 2.26. The van der Waals surface area contributed by atoms with Crippen molar-refractivity contribution in [1.82, 2.24) is 0 Å². The number of hydrogen-bond acceptors (Lipinski definition) is 3. The molecule has 1 aromatic rings. The fourth-order valence-corrected chi connectivity index (χ4v) is 1.10. The maximum Gasteiger partial charge on any atom is 0.165 e. The molecule has 0 aliphatic rings. The summed E-state index contributed by atoms with van der Waals surface area (Å²) in [6.45, 7) is 0.257. The third-order valence-electron chi connectivity index (χ3n) is 1.80. The van der Waals surface area contributed by atoms with Crippen LogP contribution in [0.15, 0.2) is 29.4 Å². The summed E-state index contributed by atoms with van der Waals surface area (Å²) in [4.78, 5) is 2.61. The molecule has 78 valence electrons. The van der Waals surface area contributed by atoms with Crippen LogP contribution in [-0.4, -0.2) is 18.8 Å². The lowest BCUT2D eigenvalue weighted by atomic mass is 10.1. The molecule has 0 fully saturated rings. The van der Waals surface area contributed by atoms with Crippen LogP contribution >= 0.6 is 0 Å². The van der Waals surface area contributed by atoms with Gasteiger partial charge in [0.2, 0.25) is 0 Å². The van der Waals surface area contributed by atoms with E-state index < -0.39 is 0 Å². The number of para-hydroxylation sites is 1. The molecule has 0 aliphatic carbocycles. The molecule has 0 unspecified atom stereocenters. The lowest BCUT2D eigenvalue weighted by Crippen LogP contribution is -1.85. The Labute approximate surface area is 87.2 Å². The molecular weight excluding hydrogens is 194 g/mol. The number of hydrogen-bond donors (Lipinski definition) is 1. The second kappa shape index (κ2) is 5.57. The maximum absolute atomic E-state index is 9.67. The third-order valence-corrected chi connectivity index (χ3v) is 1.80.